The minimum atomic E-state index is -0.765. The Morgan fingerprint density at radius 2 is 1.85 bits per heavy atom. The summed E-state index contributed by atoms with van der Waals surface area (Å²) in [6.45, 7) is 0.390. The number of benzene rings is 2. The van der Waals surface area contributed by atoms with Crippen LogP contribution in [0.15, 0.2) is 60.8 Å². The number of carbonyl (C=O) groups is 3. The van der Waals surface area contributed by atoms with E-state index in [0.717, 1.165) is 16.9 Å². The van der Waals surface area contributed by atoms with Crippen molar-refractivity contribution in [2.24, 2.45) is 7.05 Å². The van der Waals surface area contributed by atoms with Crippen LogP contribution in [0.2, 0.25) is 0 Å². The third-order valence-electron chi connectivity index (χ3n) is 6.35. The Kier molecular flexibility index (Phi) is 5.12. The lowest BCUT2D eigenvalue weighted by molar-refractivity contribution is -0.120. The number of hydrogen-bond donors (Lipinski definition) is 2. The van der Waals surface area contributed by atoms with E-state index in [-0.39, 0.29) is 17.7 Å². The molecule has 2 aliphatic heterocycles. The molecule has 1 aromatic heterocycles. The predicted octanol–water partition coefficient (Wildman–Crippen LogP) is 2.67. The van der Waals surface area contributed by atoms with Crippen LogP contribution in [-0.4, -0.2) is 52.9 Å². The first-order chi connectivity index (χ1) is 16.0. The molecular formula is C25H24N4O4. The van der Waals surface area contributed by atoms with Crippen LogP contribution in [0.5, 0.6) is 5.75 Å². The highest BCUT2D eigenvalue weighted by atomic mass is 16.5. The Balaban J connectivity index is 1.42. The molecule has 8 heteroatoms. The summed E-state index contributed by atoms with van der Waals surface area (Å²) in [6, 6.07) is 15.3. The molecule has 0 saturated carbocycles. The molecule has 1 saturated heterocycles. The summed E-state index contributed by atoms with van der Waals surface area (Å²) in [5.74, 6) is -0.0355. The Hall–Kier alpha value is -4.07. The Labute approximate surface area is 191 Å². The van der Waals surface area contributed by atoms with Gasteiger partial charge in [0.05, 0.1) is 24.4 Å². The minimum absolute atomic E-state index is 0.223. The van der Waals surface area contributed by atoms with Crippen molar-refractivity contribution < 1.29 is 19.1 Å². The average molecular weight is 444 g/mol. The number of carbonyl (C=O) groups excluding carboxylic acids is 3. The van der Waals surface area contributed by atoms with Crippen molar-refractivity contribution in [3.8, 4) is 16.9 Å². The number of methoxy groups -OCH3 is 1. The Morgan fingerprint density at radius 1 is 1.09 bits per heavy atom. The first-order valence-electron chi connectivity index (χ1n) is 10.8. The van der Waals surface area contributed by atoms with E-state index in [1.165, 1.54) is 0 Å². The largest absolute Gasteiger partial charge is 0.497 e. The van der Waals surface area contributed by atoms with Crippen LogP contribution in [-0.2, 0) is 11.8 Å². The van der Waals surface area contributed by atoms with Crippen LogP contribution >= 0.6 is 0 Å². The van der Waals surface area contributed by atoms with Crippen molar-refractivity contribution in [2.45, 2.75) is 18.5 Å². The Morgan fingerprint density at radius 3 is 2.55 bits per heavy atom. The van der Waals surface area contributed by atoms with E-state index < -0.39 is 12.1 Å². The third kappa shape index (κ3) is 3.63. The highest BCUT2D eigenvalue weighted by Crippen LogP contribution is 2.32. The lowest BCUT2D eigenvalue weighted by Gasteiger charge is -2.25. The molecule has 3 heterocycles. The number of nitrogens with one attached hydrogen (secondary N) is 2. The van der Waals surface area contributed by atoms with Gasteiger partial charge in [-0.05, 0) is 53.9 Å². The van der Waals surface area contributed by atoms with Gasteiger partial charge >= 0.3 is 0 Å². The number of nitrogens with zero attached hydrogens (tertiary/aromatic N) is 2. The molecule has 5 rings (SSSR count). The maximum Gasteiger partial charge on any atom is 0.268 e. The normalized spacial score (nSPS) is 19.4. The number of ether oxygens (including phenoxy) is 1. The maximum absolute atomic E-state index is 13.5. The van der Waals surface area contributed by atoms with Crippen molar-refractivity contribution in [3.63, 3.8) is 0 Å². The van der Waals surface area contributed by atoms with E-state index in [4.69, 9.17) is 4.74 Å². The second-order valence-corrected chi connectivity index (χ2v) is 8.29. The standard InChI is InChI=1S/C25H24N4O4/c1-28-12-3-4-21(28)23(30)27-20-11-13-29-22(20)24(31)26-19-10-7-16(14-18(19)25(29)32)15-5-8-17(33-2)9-6-15/h3-10,12,14,20,22H,11,13H2,1-2H3,(H,26,31)(H,27,30)/t20-,22-/m0/s1. The van der Waals surface area contributed by atoms with Crippen molar-refractivity contribution in [1.29, 1.82) is 0 Å². The van der Waals surface area contributed by atoms with Gasteiger partial charge < -0.3 is 24.8 Å². The van der Waals surface area contributed by atoms with Crippen molar-refractivity contribution >= 4 is 23.4 Å². The van der Waals surface area contributed by atoms with E-state index in [0.29, 0.717) is 29.9 Å². The van der Waals surface area contributed by atoms with Gasteiger partial charge in [-0.2, -0.15) is 0 Å². The number of anilines is 1. The smallest absolute Gasteiger partial charge is 0.268 e. The summed E-state index contributed by atoms with van der Waals surface area (Å²) in [5, 5.41) is 5.84. The number of amides is 3. The molecule has 2 aromatic carbocycles. The summed E-state index contributed by atoms with van der Waals surface area (Å²) in [4.78, 5) is 40.8. The molecule has 3 amide bonds. The number of hydrogen-bond acceptors (Lipinski definition) is 4. The van der Waals surface area contributed by atoms with E-state index in [9.17, 15) is 14.4 Å². The first kappa shape index (κ1) is 20.8. The molecule has 0 radical (unpaired) electrons. The number of rotatable bonds is 4. The zero-order chi connectivity index (χ0) is 23.1. The SMILES string of the molecule is COc1ccc(-c2ccc3c(c2)C(=O)N2CC[C@H](NC(=O)c4cccn4C)[C@H]2C(=O)N3)cc1. The van der Waals surface area contributed by atoms with Gasteiger partial charge in [-0.1, -0.05) is 18.2 Å². The molecule has 1 fully saturated rings. The molecule has 0 unspecified atom stereocenters. The molecular weight excluding hydrogens is 420 g/mol. The van der Waals surface area contributed by atoms with E-state index in [1.54, 1.807) is 54.1 Å². The van der Waals surface area contributed by atoms with Crippen molar-refractivity contribution in [2.75, 3.05) is 19.0 Å². The van der Waals surface area contributed by atoms with Crippen LogP contribution < -0.4 is 15.4 Å². The predicted molar refractivity (Wildman–Crippen MR) is 123 cm³/mol. The van der Waals surface area contributed by atoms with Crippen LogP contribution in [0, 0.1) is 0 Å². The first-order valence-corrected chi connectivity index (χ1v) is 10.8. The van der Waals surface area contributed by atoms with Gasteiger partial charge in [0.25, 0.3) is 11.8 Å². The molecule has 168 valence electrons. The molecule has 0 bridgehead atoms. The molecule has 33 heavy (non-hydrogen) atoms. The Bertz CT molecular complexity index is 1250. The third-order valence-corrected chi connectivity index (χ3v) is 6.35. The number of aryl methyl sites for hydroxylation is 1. The summed E-state index contributed by atoms with van der Waals surface area (Å²) >= 11 is 0. The summed E-state index contributed by atoms with van der Waals surface area (Å²) in [7, 11) is 3.40. The second-order valence-electron chi connectivity index (χ2n) is 8.29. The lowest BCUT2D eigenvalue weighted by atomic mass is 10.0. The fourth-order valence-electron chi connectivity index (χ4n) is 4.59. The van der Waals surface area contributed by atoms with Crippen LogP contribution in [0.1, 0.15) is 27.3 Å². The van der Waals surface area contributed by atoms with Gasteiger partial charge in [0.1, 0.15) is 17.5 Å². The van der Waals surface area contributed by atoms with Crippen LogP contribution in [0.25, 0.3) is 11.1 Å². The minimum Gasteiger partial charge on any atom is -0.497 e. The van der Waals surface area contributed by atoms with Gasteiger partial charge in [0.15, 0.2) is 0 Å². The fourth-order valence-corrected chi connectivity index (χ4v) is 4.59. The highest BCUT2D eigenvalue weighted by Gasteiger charge is 2.45. The van der Waals surface area contributed by atoms with E-state index in [2.05, 4.69) is 10.6 Å². The molecule has 2 aliphatic rings. The second kappa shape index (κ2) is 8.12. The zero-order valence-corrected chi connectivity index (χ0v) is 18.4. The van der Waals surface area contributed by atoms with E-state index >= 15 is 0 Å². The molecule has 8 nitrogen and oxygen atoms in total. The zero-order valence-electron chi connectivity index (χ0n) is 18.4. The molecule has 0 spiro atoms. The maximum atomic E-state index is 13.5. The topological polar surface area (TPSA) is 92.7 Å². The van der Waals surface area contributed by atoms with Crippen LogP contribution in [0.4, 0.5) is 5.69 Å². The van der Waals surface area contributed by atoms with Crippen LogP contribution in [0.3, 0.4) is 0 Å². The quantitative estimate of drug-likeness (QED) is 0.647. The molecule has 2 atom stereocenters. The van der Waals surface area contributed by atoms with Gasteiger partial charge in [-0.25, -0.2) is 0 Å². The molecule has 2 N–H and O–H groups in total. The monoisotopic (exact) mass is 444 g/mol. The van der Waals surface area contributed by atoms with Crippen molar-refractivity contribution in [1.82, 2.24) is 14.8 Å². The summed E-state index contributed by atoms with van der Waals surface area (Å²) in [6.07, 6.45) is 2.29. The highest BCUT2D eigenvalue weighted by molar-refractivity contribution is 6.11. The lowest BCUT2D eigenvalue weighted by Crippen LogP contribution is -2.51. The van der Waals surface area contributed by atoms with Gasteiger partial charge in [0.2, 0.25) is 5.91 Å². The molecule has 3 aromatic rings. The van der Waals surface area contributed by atoms with Crippen molar-refractivity contribution in [3.05, 3.63) is 72.1 Å². The van der Waals surface area contributed by atoms with Gasteiger partial charge in [-0.15, -0.1) is 0 Å². The molecule has 0 aliphatic carbocycles. The fraction of sp³-hybridized carbons (Fsp3) is 0.240. The number of aromatic nitrogens is 1. The number of fused-ring (bicyclic) bond motifs is 2. The summed E-state index contributed by atoms with van der Waals surface area (Å²) in [5.41, 5.74) is 3.22. The summed E-state index contributed by atoms with van der Waals surface area (Å²) < 4.78 is 6.94. The van der Waals surface area contributed by atoms with Gasteiger partial charge in [-0.3, -0.25) is 14.4 Å². The van der Waals surface area contributed by atoms with Gasteiger partial charge in [0, 0.05) is 19.8 Å². The average Bonchev–Trinajstić information content (AvgIpc) is 3.42. The van der Waals surface area contributed by atoms with E-state index in [1.807, 2.05) is 30.3 Å².